The van der Waals surface area contributed by atoms with Crippen molar-refractivity contribution in [1.82, 2.24) is 5.32 Å². The fraction of sp³-hybridized carbons (Fsp3) is 0.538. The molecule has 0 amide bonds. The van der Waals surface area contributed by atoms with Gasteiger partial charge in [0.1, 0.15) is 0 Å². The van der Waals surface area contributed by atoms with Gasteiger partial charge in [0.05, 0.1) is 11.0 Å². The van der Waals surface area contributed by atoms with Crippen molar-refractivity contribution in [2.45, 2.75) is 44.4 Å². The van der Waals surface area contributed by atoms with E-state index in [2.05, 4.69) is 5.32 Å². The van der Waals surface area contributed by atoms with Crippen LogP contribution in [0.4, 0.5) is 5.69 Å². The Kier molecular flexibility index (Phi) is 4.28. The van der Waals surface area contributed by atoms with Crippen molar-refractivity contribution in [2.24, 2.45) is 0 Å². The summed E-state index contributed by atoms with van der Waals surface area (Å²) in [4.78, 5) is 10.1. The summed E-state index contributed by atoms with van der Waals surface area (Å²) in [5.41, 5.74) is 1.15. The molecule has 18 heavy (non-hydrogen) atoms. The molecule has 0 saturated heterocycles. The largest absolute Gasteiger partial charge is 0.393 e. The third kappa shape index (κ3) is 3.51. The minimum absolute atomic E-state index is 0.117. The number of nitrogens with zero attached hydrogens (tertiary/aromatic N) is 1. The number of aliphatic hydroxyl groups is 1. The second-order valence-corrected chi connectivity index (χ2v) is 4.82. The van der Waals surface area contributed by atoms with Gasteiger partial charge in [-0.15, -0.1) is 0 Å². The van der Waals surface area contributed by atoms with Crippen LogP contribution in [0.2, 0.25) is 0 Å². The zero-order chi connectivity index (χ0) is 13.0. The van der Waals surface area contributed by atoms with Crippen LogP contribution >= 0.6 is 0 Å². The maximum absolute atomic E-state index is 10.5. The highest BCUT2D eigenvalue weighted by molar-refractivity contribution is 5.32. The molecule has 0 spiro atoms. The van der Waals surface area contributed by atoms with Gasteiger partial charge in [-0.25, -0.2) is 0 Å². The molecule has 1 saturated carbocycles. The molecule has 1 aromatic carbocycles. The van der Waals surface area contributed by atoms with Gasteiger partial charge < -0.3 is 10.4 Å². The summed E-state index contributed by atoms with van der Waals surface area (Å²) < 4.78 is 0. The maximum Gasteiger partial charge on any atom is 0.269 e. The first-order chi connectivity index (χ1) is 8.65. The Morgan fingerprint density at radius 3 is 2.67 bits per heavy atom. The summed E-state index contributed by atoms with van der Waals surface area (Å²) in [5, 5.41) is 23.5. The Labute approximate surface area is 106 Å². The summed E-state index contributed by atoms with van der Waals surface area (Å²) in [6, 6.07) is 6.93. The maximum atomic E-state index is 10.5. The molecule has 0 aromatic heterocycles. The van der Waals surface area contributed by atoms with Crippen LogP contribution in [0.1, 0.15) is 31.2 Å². The predicted molar refractivity (Wildman–Crippen MR) is 68.2 cm³/mol. The first-order valence-corrected chi connectivity index (χ1v) is 6.30. The number of rotatable bonds is 4. The lowest BCUT2D eigenvalue weighted by Gasteiger charge is -2.26. The second-order valence-electron chi connectivity index (χ2n) is 4.82. The third-order valence-electron chi connectivity index (χ3n) is 3.39. The summed E-state index contributed by atoms with van der Waals surface area (Å²) >= 11 is 0. The number of hydrogen-bond acceptors (Lipinski definition) is 4. The Morgan fingerprint density at radius 2 is 2.06 bits per heavy atom. The standard InChI is InChI=1S/C13H18N2O3/c16-13-3-1-2-11(8-13)14-9-10-4-6-12(7-5-10)15(17)18/h4-7,11,13-14,16H,1-3,8-9H2. The molecular formula is C13H18N2O3. The topological polar surface area (TPSA) is 75.4 Å². The van der Waals surface area contributed by atoms with Crippen molar-refractivity contribution < 1.29 is 10.0 Å². The normalized spacial score (nSPS) is 23.8. The summed E-state index contributed by atoms with van der Waals surface area (Å²) in [6.07, 6.45) is 3.65. The van der Waals surface area contributed by atoms with E-state index in [1.807, 2.05) is 0 Å². The Balaban J connectivity index is 1.84. The van der Waals surface area contributed by atoms with Crippen molar-refractivity contribution in [2.75, 3.05) is 0 Å². The smallest absolute Gasteiger partial charge is 0.269 e. The zero-order valence-corrected chi connectivity index (χ0v) is 10.2. The van der Waals surface area contributed by atoms with Crippen LogP contribution in [0.15, 0.2) is 24.3 Å². The van der Waals surface area contributed by atoms with Gasteiger partial charge in [0.25, 0.3) is 5.69 Å². The highest BCUT2D eigenvalue weighted by atomic mass is 16.6. The summed E-state index contributed by atoms with van der Waals surface area (Å²) in [5.74, 6) is 0. The SMILES string of the molecule is O=[N+]([O-])c1ccc(CNC2CCCC(O)C2)cc1. The molecule has 5 nitrogen and oxygen atoms in total. The highest BCUT2D eigenvalue weighted by Gasteiger charge is 2.19. The fourth-order valence-corrected chi connectivity index (χ4v) is 2.35. The fourth-order valence-electron chi connectivity index (χ4n) is 2.35. The highest BCUT2D eigenvalue weighted by Crippen LogP contribution is 2.19. The number of non-ortho nitro benzene ring substituents is 1. The Bertz CT molecular complexity index is 405. The average Bonchev–Trinajstić information content (AvgIpc) is 2.37. The first-order valence-electron chi connectivity index (χ1n) is 6.30. The number of hydrogen-bond donors (Lipinski definition) is 2. The van der Waals surface area contributed by atoms with Crippen molar-refractivity contribution in [1.29, 1.82) is 0 Å². The van der Waals surface area contributed by atoms with E-state index in [9.17, 15) is 15.2 Å². The van der Waals surface area contributed by atoms with Crippen LogP contribution < -0.4 is 5.32 Å². The lowest BCUT2D eigenvalue weighted by Crippen LogP contribution is -2.35. The van der Waals surface area contributed by atoms with Gasteiger partial charge in [0.2, 0.25) is 0 Å². The van der Waals surface area contributed by atoms with Crippen LogP contribution in [0.5, 0.6) is 0 Å². The molecule has 2 N–H and O–H groups in total. The van der Waals surface area contributed by atoms with Crippen LogP contribution in [0.25, 0.3) is 0 Å². The van der Waals surface area contributed by atoms with Crippen LogP contribution in [0.3, 0.4) is 0 Å². The van der Waals surface area contributed by atoms with Gasteiger partial charge >= 0.3 is 0 Å². The molecule has 1 aliphatic rings. The van der Waals surface area contributed by atoms with E-state index in [0.717, 1.165) is 31.2 Å². The molecule has 0 radical (unpaired) electrons. The minimum Gasteiger partial charge on any atom is -0.393 e. The van der Waals surface area contributed by atoms with Gasteiger partial charge in [-0.3, -0.25) is 10.1 Å². The van der Waals surface area contributed by atoms with Crippen LogP contribution in [-0.2, 0) is 6.54 Å². The molecule has 0 heterocycles. The van der Waals surface area contributed by atoms with Crippen LogP contribution in [-0.4, -0.2) is 22.2 Å². The summed E-state index contributed by atoms with van der Waals surface area (Å²) in [6.45, 7) is 0.690. The van der Waals surface area contributed by atoms with Gasteiger partial charge in [0, 0.05) is 24.7 Å². The number of aliphatic hydroxyl groups excluding tert-OH is 1. The van der Waals surface area contributed by atoms with Crippen molar-refractivity contribution in [3.8, 4) is 0 Å². The van der Waals surface area contributed by atoms with E-state index in [4.69, 9.17) is 0 Å². The molecule has 1 fully saturated rings. The number of nitro groups is 1. The van der Waals surface area contributed by atoms with Gasteiger partial charge in [-0.2, -0.15) is 0 Å². The predicted octanol–water partition coefficient (Wildman–Crippen LogP) is 1.99. The number of nitro benzene ring substituents is 1. The molecule has 0 aliphatic heterocycles. The zero-order valence-electron chi connectivity index (χ0n) is 10.2. The minimum atomic E-state index is -0.394. The van der Waals surface area contributed by atoms with Gasteiger partial charge in [-0.1, -0.05) is 12.1 Å². The number of benzene rings is 1. The third-order valence-corrected chi connectivity index (χ3v) is 3.39. The van der Waals surface area contributed by atoms with E-state index in [-0.39, 0.29) is 11.8 Å². The molecule has 2 atom stereocenters. The van der Waals surface area contributed by atoms with Crippen molar-refractivity contribution in [3.63, 3.8) is 0 Å². The van der Waals surface area contributed by atoms with Crippen molar-refractivity contribution >= 4 is 5.69 Å². The molecule has 5 heteroatoms. The number of nitrogens with one attached hydrogen (secondary N) is 1. The van der Waals surface area contributed by atoms with E-state index >= 15 is 0 Å². The van der Waals surface area contributed by atoms with Gasteiger partial charge in [0.15, 0.2) is 0 Å². The average molecular weight is 250 g/mol. The first kappa shape index (κ1) is 13.0. The Morgan fingerprint density at radius 1 is 1.33 bits per heavy atom. The molecule has 2 unspecified atom stereocenters. The van der Waals surface area contributed by atoms with E-state index in [1.165, 1.54) is 12.1 Å². The van der Waals surface area contributed by atoms with E-state index < -0.39 is 4.92 Å². The lowest BCUT2D eigenvalue weighted by atomic mass is 9.93. The van der Waals surface area contributed by atoms with Crippen molar-refractivity contribution in [3.05, 3.63) is 39.9 Å². The van der Waals surface area contributed by atoms with Gasteiger partial charge in [-0.05, 0) is 31.2 Å². The molecule has 0 bridgehead atoms. The Hall–Kier alpha value is -1.46. The monoisotopic (exact) mass is 250 g/mol. The van der Waals surface area contributed by atoms with Crippen LogP contribution in [0, 0.1) is 10.1 Å². The molecular weight excluding hydrogens is 232 g/mol. The molecule has 98 valence electrons. The molecule has 2 rings (SSSR count). The van der Waals surface area contributed by atoms with E-state index in [0.29, 0.717) is 12.6 Å². The molecule has 1 aromatic rings. The molecule has 1 aliphatic carbocycles. The second kappa shape index (κ2) is 5.93. The lowest BCUT2D eigenvalue weighted by molar-refractivity contribution is -0.384. The summed E-state index contributed by atoms with van der Waals surface area (Å²) in [7, 11) is 0. The van der Waals surface area contributed by atoms with E-state index in [1.54, 1.807) is 12.1 Å². The quantitative estimate of drug-likeness (QED) is 0.633.